The zero-order valence-corrected chi connectivity index (χ0v) is 4.02. The highest BCUT2D eigenvalue weighted by Gasteiger charge is 1.58. The molecule has 31 valence electrons. The monoisotopic (exact) mass is 72.1 g/mol. The highest BCUT2D eigenvalue weighted by molar-refractivity contribution is 5.75. The van der Waals surface area contributed by atoms with Gasteiger partial charge in [-0.05, 0) is 21.1 Å². The van der Waals surface area contributed by atoms with Crippen LogP contribution in [-0.2, 0) is 0 Å². The second kappa shape index (κ2) is 4.02. The Morgan fingerprint density at radius 1 is 1.20 bits per heavy atom. The van der Waals surface area contributed by atoms with Crippen LogP contribution in [0, 0.1) is 0 Å². The molecule has 3 radical (unpaired) electrons. The van der Waals surface area contributed by atoms with E-state index in [1.165, 1.54) is 0 Å². The number of rotatable bonds is 0. The molecule has 5 heavy (non-hydrogen) atoms. The Kier molecular flexibility index (Phi) is 7.16. The molecule has 0 saturated carbocycles. The first-order chi connectivity index (χ1) is 1.73. The summed E-state index contributed by atoms with van der Waals surface area (Å²) < 4.78 is 0. The second-order valence-corrected chi connectivity index (χ2v) is 1.34. The first-order valence-electron chi connectivity index (χ1n) is 1.34. The Morgan fingerprint density at radius 3 is 1.20 bits per heavy atom. The molecule has 0 rings (SSSR count). The van der Waals surface area contributed by atoms with E-state index in [9.17, 15) is 0 Å². The minimum atomic E-state index is 0. The largest absolute Gasteiger partial charge is 0.312 e. The lowest BCUT2D eigenvalue weighted by Crippen LogP contribution is -1.99. The van der Waals surface area contributed by atoms with Crippen molar-refractivity contribution in [2.24, 2.45) is 0 Å². The smallest absolute Gasteiger partial charge is 0 e. The Labute approximate surface area is 37.0 Å². The van der Waals surface area contributed by atoms with Crippen LogP contribution in [-0.4, -0.2) is 34.5 Å². The molecule has 0 bridgehead atoms. The van der Waals surface area contributed by atoms with Gasteiger partial charge < -0.3 is 4.90 Å². The van der Waals surface area contributed by atoms with E-state index in [1.54, 1.807) is 0 Å². The summed E-state index contributed by atoms with van der Waals surface area (Å²) in [6, 6.07) is 0. The van der Waals surface area contributed by atoms with Crippen LogP contribution in [0.4, 0.5) is 0 Å². The van der Waals surface area contributed by atoms with E-state index in [0.717, 1.165) is 0 Å². The van der Waals surface area contributed by atoms with E-state index in [-0.39, 0.29) is 9.84 Å². The standard InChI is InChI=1S/C3H9N.B.H2/c1-4(2)3;;/h1-3H3;;1H. The zero-order valence-electron chi connectivity index (χ0n) is 4.02. The van der Waals surface area contributed by atoms with Crippen molar-refractivity contribution in [1.29, 1.82) is 0 Å². The quantitative estimate of drug-likeness (QED) is 0.365. The molecule has 1 nitrogen and oxygen atoms in total. The molecule has 0 unspecified atom stereocenters. The average Bonchev–Trinajstić information content (AvgIpc) is 0.811. The van der Waals surface area contributed by atoms with Crippen molar-refractivity contribution in [3.63, 3.8) is 0 Å². The van der Waals surface area contributed by atoms with Gasteiger partial charge in [0.05, 0.1) is 0 Å². The van der Waals surface area contributed by atoms with Gasteiger partial charge in [0, 0.05) is 9.84 Å². The van der Waals surface area contributed by atoms with Crippen molar-refractivity contribution in [1.82, 2.24) is 4.90 Å². The average molecular weight is 71.9 g/mol. The van der Waals surface area contributed by atoms with Gasteiger partial charge in [0.2, 0.25) is 0 Å². The van der Waals surface area contributed by atoms with Crippen LogP contribution in [0.5, 0.6) is 0 Å². The van der Waals surface area contributed by atoms with Gasteiger partial charge in [0.1, 0.15) is 0 Å². The third-order valence-electron chi connectivity index (χ3n) is 0. The van der Waals surface area contributed by atoms with Crippen LogP contribution in [0.3, 0.4) is 0 Å². The number of hydrogen-bond acceptors (Lipinski definition) is 1. The van der Waals surface area contributed by atoms with Crippen LogP contribution in [0.15, 0.2) is 0 Å². The van der Waals surface area contributed by atoms with E-state index < -0.39 is 0 Å². The van der Waals surface area contributed by atoms with E-state index in [4.69, 9.17) is 0 Å². The SMILES string of the molecule is CN(C)C.[B].[HH]. The van der Waals surface area contributed by atoms with E-state index in [1.807, 2.05) is 26.0 Å². The van der Waals surface area contributed by atoms with Crippen LogP contribution >= 0.6 is 0 Å². The number of nitrogens with zero attached hydrogens (tertiary/aromatic N) is 1. The predicted molar refractivity (Wildman–Crippen MR) is 27.5 cm³/mol. The van der Waals surface area contributed by atoms with E-state index in [0.29, 0.717) is 0 Å². The molecule has 0 aromatic heterocycles. The van der Waals surface area contributed by atoms with Crippen molar-refractivity contribution in [3.05, 3.63) is 0 Å². The highest BCUT2D eigenvalue weighted by Crippen LogP contribution is 1.47. The molecular formula is C3H11BN. The second-order valence-electron chi connectivity index (χ2n) is 1.34. The molecule has 0 aromatic rings. The molecule has 0 heterocycles. The molecule has 0 aliphatic heterocycles. The van der Waals surface area contributed by atoms with Gasteiger partial charge in [-0.2, -0.15) is 0 Å². The zero-order chi connectivity index (χ0) is 3.58. The molecule has 0 aliphatic carbocycles. The molecule has 0 N–H and O–H groups in total. The van der Waals surface area contributed by atoms with Crippen molar-refractivity contribution in [2.45, 2.75) is 0 Å². The normalized spacial score (nSPS) is 7.20. The Bertz CT molecular complexity index is 15.5. The molecule has 0 fully saturated rings. The summed E-state index contributed by atoms with van der Waals surface area (Å²) in [5.41, 5.74) is 0. The first-order valence-corrected chi connectivity index (χ1v) is 1.34. The van der Waals surface area contributed by atoms with Crippen LogP contribution < -0.4 is 0 Å². The van der Waals surface area contributed by atoms with Gasteiger partial charge in [-0.3, -0.25) is 0 Å². The maximum Gasteiger partial charge on any atom is 0 e. The number of hydrogen-bond donors (Lipinski definition) is 0. The topological polar surface area (TPSA) is 3.24 Å². The summed E-state index contributed by atoms with van der Waals surface area (Å²) in [7, 11) is 6.00. The van der Waals surface area contributed by atoms with Crippen molar-refractivity contribution < 1.29 is 1.43 Å². The lowest BCUT2D eigenvalue weighted by Gasteiger charge is -1.90. The van der Waals surface area contributed by atoms with E-state index >= 15 is 0 Å². The van der Waals surface area contributed by atoms with Crippen LogP contribution in [0.2, 0.25) is 0 Å². The van der Waals surface area contributed by atoms with Gasteiger partial charge >= 0.3 is 0 Å². The van der Waals surface area contributed by atoms with Crippen LogP contribution in [0.1, 0.15) is 1.43 Å². The molecular weight excluding hydrogens is 60.9 g/mol. The lowest BCUT2D eigenvalue weighted by atomic mass is 10.8. The predicted octanol–water partition coefficient (Wildman–Crippen LogP) is 0.0430. The Morgan fingerprint density at radius 2 is 1.20 bits per heavy atom. The maximum atomic E-state index is 2.00. The first kappa shape index (κ1) is 8.90. The molecule has 0 spiro atoms. The third-order valence-corrected chi connectivity index (χ3v) is 0. The van der Waals surface area contributed by atoms with Gasteiger partial charge in [0.15, 0.2) is 0 Å². The summed E-state index contributed by atoms with van der Waals surface area (Å²) in [5, 5.41) is 0. The fraction of sp³-hybridized carbons (Fsp3) is 1.00. The molecule has 0 saturated heterocycles. The van der Waals surface area contributed by atoms with Gasteiger partial charge in [-0.15, -0.1) is 0 Å². The van der Waals surface area contributed by atoms with Gasteiger partial charge in [-0.1, -0.05) is 0 Å². The van der Waals surface area contributed by atoms with Crippen molar-refractivity contribution >= 4 is 8.41 Å². The molecule has 2 heteroatoms. The molecule has 0 amide bonds. The summed E-state index contributed by atoms with van der Waals surface area (Å²) in [6.07, 6.45) is 0. The van der Waals surface area contributed by atoms with Crippen molar-refractivity contribution in [3.8, 4) is 0 Å². The lowest BCUT2D eigenvalue weighted by molar-refractivity contribution is 0.505. The molecule has 0 aromatic carbocycles. The summed E-state index contributed by atoms with van der Waals surface area (Å²) >= 11 is 0. The summed E-state index contributed by atoms with van der Waals surface area (Å²) in [5.74, 6) is 0. The molecule has 0 aliphatic rings. The Balaban J connectivity index is -0.0000000450. The third kappa shape index (κ3) is 26500. The maximum absolute atomic E-state index is 2.00. The summed E-state index contributed by atoms with van der Waals surface area (Å²) in [4.78, 5) is 2.00. The fourth-order valence-electron chi connectivity index (χ4n) is 0. The fourth-order valence-corrected chi connectivity index (χ4v) is 0. The molecule has 0 atom stereocenters. The summed E-state index contributed by atoms with van der Waals surface area (Å²) in [6.45, 7) is 0. The Hall–Kier alpha value is 0.0249. The van der Waals surface area contributed by atoms with Gasteiger partial charge in [-0.25, -0.2) is 0 Å². The van der Waals surface area contributed by atoms with Gasteiger partial charge in [0.25, 0.3) is 0 Å². The van der Waals surface area contributed by atoms with Crippen LogP contribution in [0.25, 0.3) is 0 Å². The minimum Gasteiger partial charge on any atom is -0.312 e. The van der Waals surface area contributed by atoms with E-state index in [2.05, 4.69) is 0 Å². The highest BCUT2D eigenvalue weighted by atomic mass is 15.0. The minimum absolute atomic E-state index is 0. The van der Waals surface area contributed by atoms with Crippen molar-refractivity contribution in [2.75, 3.05) is 21.1 Å².